The van der Waals surface area contributed by atoms with Gasteiger partial charge in [0.1, 0.15) is 5.75 Å². The molecule has 1 N–H and O–H groups in total. The standard InChI is InChI=1S/C20H26N4O3/c1-3-5-19(25)21-15-6-4-12-23(14-15)20(26)18-11-13-24(22-18)16-7-9-17(27-2)10-8-16/h7-11,13,15H,3-6,12,14H2,1-2H3,(H,21,25). The molecule has 1 aliphatic rings. The molecule has 144 valence electrons. The molecule has 2 amide bonds. The molecule has 3 rings (SSSR count). The third-order valence-electron chi connectivity index (χ3n) is 4.70. The lowest BCUT2D eigenvalue weighted by Gasteiger charge is -2.32. The molecule has 0 bridgehead atoms. The van der Waals surface area contributed by atoms with Gasteiger partial charge in [-0.3, -0.25) is 9.59 Å². The minimum atomic E-state index is -0.100. The van der Waals surface area contributed by atoms with Crippen LogP contribution in [0.25, 0.3) is 5.69 Å². The summed E-state index contributed by atoms with van der Waals surface area (Å²) >= 11 is 0. The molecule has 1 fully saturated rings. The minimum absolute atomic E-state index is 0.0189. The highest BCUT2D eigenvalue weighted by Crippen LogP contribution is 2.17. The van der Waals surface area contributed by atoms with Crippen LogP contribution < -0.4 is 10.1 Å². The number of carbonyl (C=O) groups excluding carboxylic acids is 2. The average molecular weight is 370 g/mol. The number of piperidine rings is 1. The topological polar surface area (TPSA) is 76.5 Å². The molecule has 0 spiro atoms. The van der Waals surface area contributed by atoms with Crippen LogP contribution in [0, 0.1) is 0 Å². The number of methoxy groups -OCH3 is 1. The van der Waals surface area contributed by atoms with Gasteiger partial charge in [0, 0.05) is 31.7 Å². The van der Waals surface area contributed by atoms with E-state index >= 15 is 0 Å². The van der Waals surface area contributed by atoms with Crippen molar-refractivity contribution >= 4 is 11.8 Å². The lowest BCUT2D eigenvalue weighted by Crippen LogP contribution is -2.49. The summed E-state index contributed by atoms with van der Waals surface area (Å²) in [4.78, 5) is 26.4. The Labute approximate surface area is 159 Å². The van der Waals surface area contributed by atoms with Crippen LogP contribution in [0.1, 0.15) is 43.1 Å². The van der Waals surface area contributed by atoms with Gasteiger partial charge < -0.3 is 15.0 Å². The van der Waals surface area contributed by atoms with Crippen molar-refractivity contribution in [1.29, 1.82) is 0 Å². The van der Waals surface area contributed by atoms with E-state index in [1.165, 1.54) is 0 Å². The molecule has 7 heteroatoms. The largest absolute Gasteiger partial charge is 0.497 e. The van der Waals surface area contributed by atoms with Gasteiger partial charge in [-0.1, -0.05) is 6.92 Å². The number of hydrogen-bond acceptors (Lipinski definition) is 4. The number of carbonyl (C=O) groups is 2. The van der Waals surface area contributed by atoms with E-state index < -0.39 is 0 Å². The first kappa shape index (κ1) is 18.9. The molecule has 1 aromatic carbocycles. The summed E-state index contributed by atoms with van der Waals surface area (Å²) in [5.41, 5.74) is 1.27. The van der Waals surface area contributed by atoms with E-state index in [0.717, 1.165) is 30.7 Å². The van der Waals surface area contributed by atoms with Gasteiger partial charge >= 0.3 is 0 Å². The number of nitrogens with zero attached hydrogens (tertiary/aromatic N) is 3. The van der Waals surface area contributed by atoms with E-state index in [0.29, 0.717) is 25.2 Å². The van der Waals surface area contributed by atoms with E-state index in [-0.39, 0.29) is 17.9 Å². The Hall–Kier alpha value is -2.83. The first-order valence-corrected chi connectivity index (χ1v) is 9.39. The number of hydrogen-bond donors (Lipinski definition) is 1. The first-order chi connectivity index (χ1) is 13.1. The summed E-state index contributed by atoms with van der Waals surface area (Å²) in [6.45, 7) is 3.20. The summed E-state index contributed by atoms with van der Waals surface area (Å²) in [5, 5.41) is 7.45. The molecule has 7 nitrogen and oxygen atoms in total. The molecular formula is C20H26N4O3. The van der Waals surface area contributed by atoms with Crippen LogP contribution >= 0.6 is 0 Å². The SMILES string of the molecule is CCCC(=O)NC1CCCN(C(=O)c2ccn(-c3ccc(OC)cc3)n2)C1. The quantitative estimate of drug-likeness (QED) is 0.847. The van der Waals surface area contributed by atoms with E-state index in [4.69, 9.17) is 4.74 Å². The second-order valence-corrected chi connectivity index (χ2v) is 6.75. The maximum atomic E-state index is 12.8. The summed E-state index contributed by atoms with van der Waals surface area (Å²) in [5.74, 6) is 0.726. The highest BCUT2D eigenvalue weighted by Gasteiger charge is 2.26. The van der Waals surface area contributed by atoms with Crippen molar-refractivity contribution in [3.8, 4) is 11.4 Å². The van der Waals surface area contributed by atoms with E-state index in [1.54, 1.807) is 29.0 Å². The van der Waals surface area contributed by atoms with Gasteiger partial charge in [-0.05, 0) is 49.6 Å². The molecule has 0 radical (unpaired) electrons. The maximum absolute atomic E-state index is 12.8. The summed E-state index contributed by atoms with van der Waals surface area (Å²) in [6.07, 6.45) is 4.90. The number of aromatic nitrogens is 2. The Morgan fingerprint density at radius 2 is 2.04 bits per heavy atom. The molecule has 1 saturated heterocycles. The van der Waals surface area contributed by atoms with Crippen LogP contribution in [0.4, 0.5) is 0 Å². The molecule has 1 aromatic heterocycles. The number of ether oxygens (including phenoxy) is 1. The van der Waals surface area contributed by atoms with Crippen LogP contribution in [-0.4, -0.2) is 52.7 Å². The lowest BCUT2D eigenvalue weighted by molar-refractivity contribution is -0.122. The molecule has 2 heterocycles. The fourth-order valence-corrected chi connectivity index (χ4v) is 3.29. The third-order valence-corrected chi connectivity index (χ3v) is 4.70. The van der Waals surface area contributed by atoms with Crippen molar-refractivity contribution in [2.45, 2.75) is 38.6 Å². The number of benzene rings is 1. The molecule has 0 aliphatic carbocycles. The van der Waals surface area contributed by atoms with Gasteiger partial charge in [0.2, 0.25) is 5.91 Å². The third kappa shape index (κ3) is 4.67. The Kier molecular flexibility index (Phi) is 6.11. The summed E-state index contributed by atoms with van der Waals surface area (Å²) in [6, 6.07) is 9.23. The van der Waals surface area contributed by atoms with Gasteiger partial charge in [-0.25, -0.2) is 4.68 Å². The number of amides is 2. The van der Waals surface area contributed by atoms with E-state index in [1.807, 2.05) is 31.2 Å². The average Bonchev–Trinajstić information content (AvgIpc) is 3.18. The maximum Gasteiger partial charge on any atom is 0.274 e. The second-order valence-electron chi connectivity index (χ2n) is 6.75. The molecule has 0 saturated carbocycles. The van der Waals surface area contributed by atoms with Gasteiger partial charge in [0.25, 0.3) is 5.91 Å². The van der Waals surface area contributed by atoms with Crippen molar-refractivity contribution in [2.24, 2.45) is 0 Å². The van der Waals surface area contributed by atoms with Gasteiger partial charge in [0.05, 0.1) is 12.8 Å². The predicted octanol–water partition coefficient (Wildman–Crippen LogP) is 2.40. The van der Waals surface area contributed by atoms with Crippen molar-refractivity contribution in [1.82, 2.24) is 20.0 Å². The van der Waals surface area contributed by atoms with Crippen molar-refractivity contribution in [2.75, 3.05) is 20.2 Å². The van der Waals surface area contributed by atoms with Crippen molar-refractivity contribution < 1.29 is 14.3 Å². The highest BCUT2D eigenvalue weighted by molar-refractivity contribution is 5.92. The van der Waals surface area contributed by atoms with E-state index in [2.05, 4.69) is 10.4 Å². The summed E-state index contributed by atoms with van der Waals surface area (Å²) < 4.78 is 6.84. The Balaban J connectivity index is 1.65. The van der Waals surface area contributed by atoms with Crippen LogP contribution in [0.3, 0.4) is 0 Å². The Morgan fingerprint density at radius 3 is 2.74 bits per heavy atom. The zero-order valence-electron chi connectivity index (χ0n) is 15.9. The number of nitrogens with one attached hydrogen (secondary N) is 1. The minimum Gasteiger partial charge on any atom is -0.497 e. The molecule has 1 unspecified atom stereocenters. The Morgan fingerprint density at radius 1 is 1.26 bits per heavy atom. The highest BCUT2D eigenvalue weighted by atomic mass is 16.5. The van der Waals surface area contributed by atoms with Gasteiger partial charge in [0.15, 0.2) is 5.69 Å². The smallest absolute Gasteiger partial charge is 0.274 e. The molecule has 27 heavy (non-hydrogen) atoms. The fourth-order valence-electron chi connectivity index (χ4n) is 3.29. The van der Waals surface area contributed by atoms with Crippen molar-refractivity contribution in [3.05, 3.63) is 42.2 Å². The number of rotatable bonds is 6. The van der Waals surface area contributed by atoms with Crippen LogP contribution in [-0.2, 0) is 4.79 Å². The zero-order valence-corrected chi connectivity index (χ0v) is 15.9. The molecule has 2 aromatic rings. The van der Waals surface area contributed by atoms with E-state index in [9.17, 15) is 9.59 Å². The second kappa shape index (κ2) is 8.70. The number of likely N-dealkylation sites (tertiary alicyclic amines) is 1. The molecule has 1 aliphatic heterocycles. The molecule has 1 atom stereocenters. The molecular weight excluding hydrogens is 344 g/mol. The van der Waals surface area contributed by atoms with Crippen LogP contribution in [0.2, 0.25) is 0 Å². The van der Waals surface area contributed by atoms with Gasteiger partial charge in [-0.15, -0.1) is 0 Å². The van der Waals surface area contributed by atoms with Crippen LogP contribution in [0.5, 0.6) is 5.75 Å². The predicted molar refractivity (Wildman–Crippen MR) is 102 cm³/mol. The summed E-state index contributed by atoms with van der Waals surface area (Å²) in [7, 11) is 1.62. The van der Waals surface area contributed by atoms with Gasteiger partial charge in [-0.2, -0.15) is 5.10 Å². The normalized spacial score (nSPS) is 16.8. The zero-order chi connectivity index (χ0) is 19.2. The monoisotopic (exact) mass is 370 g/mol. The Bertz CT molecular complexity index is 785. The lowest BCUT2D eigenvalue weighted by atomic mass is 10.0. The first-order valence-electron chi connectivity index (χ1n) is 9.39. The fraction of sp³-hybridized carbons (Fsp3) is 0.450. The van der Waals surface area contributed by atoms with Crippen molar-refractivity contribution in [3.63, 3.8) is 0 Å². The van der Waals surface area contributed by atoms with Crippen LogP contribution in [0.15, 0.2) is 36.5 Å².